The molecular weight excluding hydrogens is 274 g/mol. The molecule has 2 heterocycles. The molecule has 8 nitrogen and oxygen atoms in total. The number of carbonyl (C=O) groups is 1. The molecule has 8 heteroatoms. The van der Waals surface area contributed by atoms with Crippen LogP contribution in [-0.2, 0) is 17.7 Å². The highest BCUT2D eigenvalue weighted by molar-refractivity contribution is 5.88. The van der Waals surface area contributed by atoms with Crippen LogP contribution in [0.5, 0.6) is 0 Å². The van der Waals surface area contributed by atoms with E-state index in [1.807, 2.05) is 6.92 Å². The van der Waals surface area contributed by atoms with Crippen molar-refractivity contribution in [3.8, 4) is 0 Å². The lowest BCUT2D eigenvalue weighted by molar-refractivity contribution is 0.00618. The van der Waals surface area contributed by atoms with E-state index < -0.39 is 11.6 Å². The average molecular weight is 293 g/mol. The molecule has 0 fully saturated rings. The molecule has 0 unspecified atom stereocenters. The molecule has 0 radical (unpaired) electrons. The van der Waals surface area contributed by atoms with Crippen molar-refractivity contribution in [1.82, 2.24) is 25.1 Å². The average Bonchev–Trinajstić information content (AvgIpc) is 2.96. The zero-order chi connectivity index (χ0) is 15.6. The molecule has 0 N–H and O–H groups in total. The van der Waals surface area contributed by atoms with Crippen molar-refractivity contribution in [3.05, 3.63) is 23.1 Å². The minimum atomic E-state index is -0.572. The van der Waals surface area contributed by atoms with Crippen molar-refractivity contribution in [3.63, 3.8) is 0 Å². The van der Waals surface area contributed by atoms with Gasteiger partial charge in [-0.3, -0.25) is 0 Å². The van der Waals surface area contributed by atoms with E-state index >= 15 is 0 Å². The van der Waals surface area contributed by atoms with Gasteiger partial charge in [-0.25, -0.2) is 9.48 Å². The van der Waals surface area contributed by atoms with Gasteiger partial charge in [-0.1, -0.05) is 17.3 Å². The van der Waals surface area contributed by atoms with Gasteiger partial charge >= 0.3 is 5.97 Å². The summed E-state index contributed by atoms with van der Waals surface area (Å²) in [5, 5.41) is 11.7. The Bertz CT molecular complexity index is 639. The molecule has 2 aromatic rings. The summed E-state index contributed by atoms with van der Waals surface area (Å²) in [4.78, 5) is 16.2. The van der Waals surface area contributed by atoms with Gasteiger partial charge in [-0.2, -0.15) is 4.98 Å². The first kappa shape index (κ1) is 15.1. The molecule has 0 aliphatic rings. The maximum atomic E-state index is 12.0. The highest BCUT2D eigenvalue weighted by atomic mass is 16.6. The molecule has 0 amide bonds. The Hall–Kier alpha value is -2.25. The van der Waals surface area contributed by atoms with Crippen molar-refractivity contribution in [2.75, 3.05) is 0 Å². The second kappa shape index (κ2) is 5.63. The van der Waals surface area contributed by atoms with Gasteiger partial charge in [0, 0.05) is 6.42 Å². The Kier molecular flexibility index (Phi) is 4.06. The highest BCUT2D eigenvalue weighted by Gasteiger charge is 2.23. The maximum absolute atomic E-state index is 12.0. The monoisotopic (exact) mass is 293 g/mol. The summed E-state index contributed by atoms with van der Waals surface area (Å²) in [6.45, 7) is 9.38. The third-order valence-corrected chi connectivity index (χ3v) is 2.68. The summed E-state index contributed by atoms with van der Waals surface area (Å²) in [5.74, 6) is 0.569. The van der Waals surface area contributed by atoms with Gasteiger partial charge in [-0.05, 0) is 27.7 Å². The molecule has 0 aromatic carbocycles. The van der Waals surface area contributed by atoms with Crippen LogP contribution in [0.25, 0.3) is 0 Å². The van der Waals surface area contributed by atoms with Crippen LogP contribution in [0, 0.1) is 6.92 Å². The van der Waals surface area contributed by atoms with Crippen LogP contribution in [0.15, 0.2) is 4.52 Å². The third kappa shape index (κ3) is 3.65. The number of hydrogen-bond donors (Lipinski definition) is 0. The quantitative estimate of drug-likeness (QED) is 0.789. The van der Waals surface area contributed by atoms with E-state index in [-0.39, 0.29) is 5.69 Å². The summed E-state index contributed by atoms with van der Waals surface area (Å²) in [6, 6.07) is 0. The predicted molar refractivity (Wildman–Crippen MR) is 72.7 cm³/mol. The fourth-order valence-corrected chi connectivity index (χ4v) is 1.66. The molecule has 2 aromatic heterocycles. The summed E-state index contributed by atoms with van der Waals surface area (Å²) in [5.41, 5.74) is 0.230. The SMILES string of the molecule is CCc1nc(Cn2nnc(C(=O)OC(C)(C)C)c2C)no1. The van der Waals surface area contributed by atoms with Gasteiger partial charge in [-0.15, -0.1) is 5.10 Å². The van der Waals surface area contributed by atoms with Gasteiger partial charge in [0.15, 0.2) is 11.5 Å². The van der Waals surface area contributed by atoms with E-state index in [0.29, 0.717) is 30.4 Å². The molecule has 0 saturated carbocycles. The molecule has 0 aliphatic heterocycles. The van der Waals surface area contributed by atoms with Crippen LogP contribution < -0.4 is 0 Å². The topological polar surface area (TPSA) is 95.9 Å². The number of hydrogen-bond acceptors (Lipinski definition) is 7. The molecule has 21 heavy (non-hydrogen) atoms. The fourth-order valence-electron chi connectivity index (χ4n) is 1.66. The Balaban J connectivity index is 2.15. The minimum Gasteiger partial charge on any atom is -0.455 e. The molecular formula is C13H19N5O3. The Morgan fingerprint density at radius 1 is 1.38 bits per heavy atom. The first-order valence-electron chi connectivity index (χ1n) is 6.75. The summed E-state index contributed by atoms with van der Waals surface area (Å²) in [6.07, 6.45) is 0.673. The number of esters is 1. The zero-order valence-electron chi connectivity index (χ0n) is 12.9. The molecule has 0 atom stereocenters. The van der Waals surface area contributed by atoms with Crippen molar-refractivity contribution in [1.29, 1.82) is 0 Å². The van der Waals surface area contributed by atoms with Gasteiger partial charge in [0.25, 0.3) is 0 Å². The van der Waals surface area contributed by atoms with Crippen LogP contribution in [0.2, 0.25) is 0 Å². The lowest BCUT2D eigenvalue weighted by Gasteiger charge is -2.18. The second-order valence-corrected chi connectivity index (χ2v) is 5.64. The van der Waals surface area contributed by atoms with Crippen LogP contribution in [-0.4, -0.2) is 36.7 Å². The van der Waals surface area contributed by atoms with Crippen molar-refractivity contribution in [2.24, 2.45) is 0 Å². The Labute approximate surface area is 122 Å². The lowest BCUT2D eigenvalue weighted by atomic mass is 10.2. The minimum absolute atomic E-state index is 0.198. The number of rotatable bonds is 4. The van der Waals surface area contributed by atoms with E-state index in [1.165, 1.54) is 0 Å². The van der Waals surface area contributed by atoms with E-state index in [9.17, 15) is 4.79 Å². The maximum Gasteiger partial charge on any atom is 0.361 e. The molecule has 2 rings (SSSR count). The Morgan fingerprint density at radius 2 is 2.10 bits per heavy atom. The number of aryl methyl sites for hydroxylation is 1. The highest BCUT2D eigenvalue weighted by Crippen LogP contribution is 2.13. The van der Waals surface area contributed by atoms with Crippen LogP contribution in [0.4, 0.5) is 0 Å². The van der Waals surface area contributed by atoms with Gasteiger partial charge in [0.1, 0.15) is 12.1 Å². The smallest absolute Gasteiger partial charge is 0.361 e. The van der Waals surface area contributed by atoms with Gasteiger partial charge in [0.2, 0.25) is 5.89 Å². The predicted octanol–water partition coefficient (Wildman–Crippen LogP) is 1.54. The number of ether oxygens (including phenoxy) is 1. The van der Waals surface area contributed by atoms with Crippen LogP contribution in [0.3, 0.4) is 0 Å². The number of aromatic nitrogens is 5. The van der Waals surface area contributed by atoms with E-state index in [4.69, 9.17) is 9.26 Å². The van der Waals surface area contributed by atoms with Gasteiger partial charge < -0.3 is 9.26 Å². The first-order chi connectivity index (χ1) is 9.80. The molecule has 0 saturated heterocycles. The van der Waals surface area contributed by atoms with Gasteiger partial charge in [0.05, 0.1) is 5.69 Å². The second-order valence-electron chi connectivity index (χ2n) is 5.64. The third-order valence-electron chi connectivity index (χ3n) is 2.68. The fraction of sp³-hybridized carbons (Fsp3) is 0.615. The number of nitrogens with zero attached hydrogens (tertiary/aromatic N) is 5. The molecule has 0 aliphatic carbocycles. The van der Waals surface area contributed by atoms with E-state index in [2.05, 4.69) is 20.5 Å². The molecule has 114 valence electrons. The first-order valence-corrected chi connectivity index (χ1v) is 6.75. The standard InChI is InChI=1S/C13H19N5O3/c1-6-10-14-9(16-21-10)7-18-8(2)11(15-17-18)12(19)20-13(3,4)5/h6-7H2,1-5H3. The largest absolute Gasteiger partial charge is 0.455 e. The Morgan fingerprint density at radius 3 is 2.67 bits per heavy atom. The summed E-state index contributed by atoms with van der Waals surface area (Å²) < 4.78 is 11.9. The van der Waals surface area contributed by atoms with Crippen molar-refractivity contribution >= 4 is 5.97 Å². The van der Waals surface area contributed by atoms with E-state index in [1.54, 1.807) is 32.4 Å². The molecule has 0 spiro atoms. The normalized spacial score (nSPS) is 11.7. The lowest BCUT2D eigenvalue weighted by Crippen LogP contribution is -2.24. The molecule has 0 bridgehead atoms. The summed E-state index contributed by atoms with van der Waals surface area (Å²) in [7, 11) is 0. The van der Waals surface area contributed by atoms with Crippen LogP contribution in [0.1, 0.15) is 55.6 Å². The van der Waals surface area contributed by atoms with Crippen molar-refractivity contribution in [2.45, 2.75) is 53.2 Å². The van der Waals surface area contributed by atoms with E-state index in [0.717, 1.165) is 0 Å². The zero-order valence-corrected chi connectivity index (χ0v) is 12.9. The van der Waals surface area contributed by atoms with Crippen LogP contribution >= 0.6 is 0 Å². The number of carbonyl (C=O) groups excluding carboxylic acids is 1. The summed E-state index contributed by atoms with van der Waals surface area (Å²) >= 11 is 0. The van der Waals surface area contributed by atoms with Crippen molar-refractivity contribution < 1.29 is 14.1 Å².